The Morgan fingerprint density at radius 1 is 1.13 bits per heavy atom. The van der Waals surface area contributed by atoms with Gasteiger partial charge in [-0.25, -0.2) is 4.79 Å². The van der Waals surface area contributed by atoms with Gasteiger partial charge in [-0.15, -0.1) is 11.3 Å². The van der Waals surface area contributed by atoms with Crippen LogP contribution in [0.4, 0.5) is 5.00 Å². The highest BCUT2D eigenvalue weighted by atomic mass is 32.1. The molecule has 0 spiro atoms. The van der Waals surface area contributed by atoms with Crippen LogP contribution in [0.15, 0.2) is 65.8 Å². The Balaban J connectivity index is 1.81. The van der Waals surface area contributed by atoms with Crippen LogP contribution < -0.4 is 5.43 Å². The zero-order valence-electron chi connectivity index (χ0n) is 12.7. The number of hydrogen-bond donors (Lipinski definition) is 1. The van der Waals surface area contributed by atoms with Gasteiger partial charge in [0.2, 0.25) is 0 Å². The molecular formula is C18H16N2O2S. The van der Waals surface area contributed by atoms with E-state index < -0.39 is 5.97 Å². The first kappa shape index (κ1) is 15.2. The van der Waals surface area contributed by atoms with Crippen LogP contribution in [0.2, 0.25) is 0 Å². The molecule has 1 N–H and O–H groups in total. The Hall–Kier alpha value is -2.66. The van der Waals surface area contributed by atoms with Crippen molar-refractivity contribution in [3.63, 3.8) is 0 Å². The highest BCUT2D eigenvalue weighted by Crippen LogP contribution is 2.29. The molecule has 1 aromatic heterocycles. The van der Waals surface area contributed by atoms with Crippen molar-refractivity contribution in [1.29, 1.82) is 0 Å². The molecule has 1 heterocycles. The zero-order valence-corrected chi connectivity index (χ0v) is 13.5. The molecule has 0 amide bonds. The molecule has 0 bridgehead atoms. The SMILES string of the molecule is COC(=O)/C(Cc1ccccc1)=N\Nc1cc2ccccc2s1. The molecule has 5 heteroatoms. The van der Waals surface area contributed by atoms with Crippen LogP contribution in [0.25, 0.3) is 10.1 Å². The molecule has 0 unspecified atom stereocenters. The molecule has 0 atom stereocenters. The lowest BCUT2D eigenvalue weighted by Gasteiger charge is -2.05. The van der Waals surface area contributed by atoms with Gasteiger partial charge >= 0.3 is 5.97 Å². The first-order valence-corrected chi connectivity index (χ1v) is 8.01. The minimum Gasteiger partial charge on any atom is -0.464 e. The van der Waals surface area contributed by atoms with E-state index in [4.69, 9.17) is 4.74 Å². The molecule has 4 nitrogen and oxygen atoms in total. The number of anilines is 1. The van der Waals surface area contributed by atoms with Gasteiger partial charge < -0.3 is 4.74 Å². The number of nitrogens with zero attached hydrogens (tertiary/aromatic N) is 1. The highest BCUT2D eigenvalue weighted by Gasteiger charge is 2.13. The van der Waals surface area contributed by atoms with Crippen LogP contribution >= 0.6 is 11.3 Å². The Morgan fingerprint density at radius 2 is 1.87 bits per heavy atom. The van der Waals surface area contributed by atoms with Gasteiger partial charge in [0.1, 0.15) is 10.7 Å². The van der Waals surface area contributed by atoms with Crippen LogP contribution in [-0.2, 0) is 16.0 Å². The van der Waals surface area contributed by atoms with Crippen LogP contribution in [-0.4, -0.2) is 18.8 Å². The summed E-state index contributed by atoms with van der Waals surface area (Å²) in [6.45, 7) is 0. The van der Waals surface area contributed by atoms with E-state index in [1.165, 1.54) is 11.8 Å². The van der Waals surface area contributed by atoms with E-state index in [0.29, 0.717) is 12.1 Å². The Kier molecular flexibility index (Phi) is 4.68. The number of carbonyl (C=O) groups is 1. The number of benzene rings is 2. The summed E-state index contributed by atoms with van der Waals surface area (Å²) in [6, 6.07) is 19.8. The average molecular weight is 324 g/mol. The number of nitrogens with one attached hydrogen (secondary N) is 1. The number of methoxy groups -OCH3 is 1. The normalized spacial score (nSPS) is 11.4. The Bertz CT molecular complexity index is 807. The van der Waals surface area contributed by atoms with E-state index in [9.17, 15) is 4.79 Å². The first-order chi connectivity index (χ1) is 11.3. The van der Waals surface area contributed by atoms with Crippen molar-refractivity contribution in [2.75, 3.05) is 12.5 Å². The fourth-order valence-corrected chi connectivity index (χ4v) is 3.13. The maximum atomic E-state index is 11.9. The lowest BCUT2D eigenvalue weighted by Crippen LogP contribution is -2.19. The van der Waals surface area contributed by atoms with Gasteiger partial charge in [-0.1, -0.05) is 48.5 Å². The number of rotatable bonds is 5. The molecule has 3 aromatic rings. The number of ether oxygens (including phenoxy) is 1. The largest absolute Gasteiger partial charge is 0.464 e. The third kappa shape index (κ3) is 3.76. The van der Waals surface area contributed by atoms with E-state index >= 15 is 0 Å². The van der Waals surface area contributed by atoms with Crippen LogP contribution in [0.1, 0.15) is 5.56 Å². The van der Waals surface area contributed by atoms with Crippen molar-refractivity contribution in [2.45, 2.75) is 6.42 Å². The van der Waals surface area contributed by atoms with Gasteiger partial charge in [0.15, 0.2) is 0 Å². The molecule has 0 radical (unpaired) electrons. The third-order valence-corrected chi connectivity index (χ3v) is 4.38. The van der Waals surface area contributed by atoms with E-state index in [1.807, 2.05) is 54.6 Å². The monoisotopic (exact) mass is 324 g/mol. The van der Waals surface area contributed by atoms with Gasteiger partial charge in [-0.3, -0.25) is 5.43 Å². The standard InChI is InChI=1S/C18H16N2O2S/c1-22-18(21)15(11-13-7-3-2-4-8-13)19-20-17-12-14-9-5-6-10-16(14)23-17/h2-10,12,20H,11H2,1H3/b19-15-. The lowest BCUT2D eigenvalue weighted by molar-refractivity contribution is -0.132. The number of fused-ring (bicyclic) bond motifs is 1. The second kappa shape index (κ2) is 7.07. The summed E-state index contributed by atoms with van der Waals surface area (Å²) < 4.78 is 6.00. The third-order valence-electron chi connectivity index (χ3n) is 3.36. The van der Waals surface area contributed by atoms with Crippen molar-refractivity contribution in [2.24, 2.45) is 5.10 Å². The molecular weight excluding hydrogens is 308 g/mol. The lowest BCUT2D eigenvalue weighted by atomic mass is 10.1. The Labute approximate surface area is 138 Å². The van der Waals surface area contributed by atoms with E-state index in [1.54, 1.807) is 11.3 Å². The molecule has 116 valence electrons. The summed E-state index contributed by atoms with van der Waals surface area (Å²) in [6.07, 6.45) is 0.422. The van der Waals surface area contributed by atoms with Crippen LogP contribution in [0.5, 0.6) is 0 Å². The van der Waals surface area contributed by atoms with Gasteiger partial charge in [0.05, 0.1) is 7.11 Å². The number of thiophene rings is 1. The van der Waals surface area contributed by atoms with Crippen molar-refractivity contribution >= 4 is 38.1 Å². The van der Waals surface area contributed by atoms with Gasteiger partial charge in [0.25, 0.3) is 0 Å². The van der Waals surface area contributed by atoms with Crippen molar-refractivity contribution in [1.82, 2.24) is 0 Å². The maximum Gasteiger partial charge on any atom is 0.354 e. The second-order valence-corrected chi connectivity index (χ2v) is 6.06. The van der Waals surface area contributed by atoms with Crippen molar-refractivity contribution in [3.8, 4) is 0 Å². The van der Waals surface area contributed by atoms with Gasteiger partial charge in [-0.05, 0) is 23.1 Å². The van der Waals surface area contributed by atoms with Crippen LogP contribution in [0, 0.1) is 0 Å². The molecule has 23 heavy (non-hydrogen) atoms. The summed E-state index contributed by atoms with van der Waals surface area (Å²) in [5.74, 6) is -0.428. The summed E-state index contributed by atoms with van der Waals surface area (Å²) in [5, 5.41) is 6.30. The quantitative estimate of drug-likeness (QED) is 0.437. The number of esters is 1. The predicted octanol–water partition coefficient (Wildman–Crippen LogP) is 4.08. The highest BCUT2D eigenvalue weighted by molar-refractivity contribution is 7.22. The topological polar surface area (TPSA) is 50.7 Å². The first-order valence-electron chi connectivity index (χ1n) is 7.19. The smallest absolute Gasteiger partial charge is 0.354 e. The molecule has 3 rings (SSSR count). The van der Waals surface area contributed by atoms with Crippen molar-refractivity contribution in [3.05, 3.63) is 66.2 Å². The molecule has 0 saturated heterocycles. The average Bonchev–Trinajstić information content (AvgIpc) is 3.01. The second-order valence-electron chi connectivity index (χ2n) is 4.97. The minimum atomic E-state index is -0.428. The number of hydrogen-bond acceptors (Lipinski definition) is 5. The molecule has 0 aliphatic rings. The summed E-state index contributed by atoms with van der Waals surface area (Å²) in [4.78, 5) is 11.9. The molecule has 0 fully saturated rings. The predicted molar refractivity (Wildman–Crippen MR) is 95.0 cm³/mol. The summed E-state index contributed by atoms with van der Waals surface area (Å²) >= 11 is 1.59. The van der Waals surface area contributed by atoms with E-state index in [2.05, 4.69) is 16.6 Å². The van der Waals surface area contributed by atoms with Gasteiger partial charge in [-0.2, -0.15) is 5.10 Å². The fourth-order valence-electron chi connectivity index (χ4n) is 2.22. The van der Waals surface area contributed by atoms with Crippen molar-refractivity contribution < 1.29 is 9.53 Å². The maximum absolute atomic E-state index is 11.9. The van der Waals surface area contributed by atoms with Crippen LogP contribution in [0.3, 0.4) is 0 Å². The Morgan fingerprint density at radius 3 is 2.61 bits per heavy atom. The fraction of sp³-hybridized carbons (Fsp3) is 0.111. The molecule has 2 aromatic carbocycles. The zero-order chi connectivity index (χ0) is 16.1. The number of carbonyl (C=O) groups excluding carboxylic acids is 1. The van der Waals surface area contributed by atoms with E-state index in [-0.39, 0.29) is 0 Å². The van der Waals surface area contributed by atoms with Gasteiger partial charge in [0, 0.05) is 11.1 Å². The summed E-state index contributed by atoms with van der Waals surface area (Å²) in [7, 11) is 1.36. The molecule has 0 saturated carbocycles. The van der Waals surface area contributed by atoms with E-state index in [0.717, 1.165) is 16.0 Å². The summed E-state index contributed by atoms with van der Waals surface area (Å²) in [5.41, 5.74) is 4.33. The minimum absolute atomic E-state index is 0.344. The molecule has 0 aliphatic carbocycles. The number of hydrazone groups is 1. The molecule has 0 aliphatic heterocycles.